The number of ether oxygens (including phenoxy) is 2. The zero-order valence-electron chi connectivity index (χ0n) is 9.92. The van der Waals surface area contributed by atoms with Crippen molar-refractivity contribution in [3.63, 3.8) is 0 Å². The molecule has 2 rings (SSSR count). The molecule has 15 heavy (non-hydrogen) atoms. The predicted octanol–water partition coefficient (Wildman–Crippen LogP) is 1.92. The Morgan fingerprint density at radius 3 is 2.33 bits per heavy atom. The molecule has 1 saturated heterocycles. The van der Waals surface area contributed by atoms with Crippen molar-refractivity contribution in [1.29, 1.82) is 0 Å². The largest absolute Gasteiger partial charge is 0.348 e. The topological polar surface area (TPSA) is 30.5 Å². The summed E-state index contributed by atoms with van der Waals surface area (Å²) in [6.45, 7) is 7.19. The smallest absolute Gasteiger partial charge is 0.168 e. The van der Waals surface area contributed by atoms with E-state index in [1.54, 1.807) is 0 Å². The monoisotopic (exact) mass is 213 g/mol. The molecular formula is C12H23NO2. The van der Waals surface area contributed by atoms with Crippen LogP contribution in [0.4, 0.5) is 0 Å². The van der Waals surface area contributed by atoms with Gasteiger partial charge in [-0.3, -0.25) is 0 Å². The van der Waals surface area contributed by atoms with Crippen LogP contribution in [-0.4, -0.2) is 31.6 Å². The van der Waals surface area contributed by atoms with Gasteiger partial charge in [0.25, 0.3) is 0 Å². The summed E-state index contributed by atoms with van der Waals surface area (Å²) in [5.74, 6) is 0.538. The quantitative estimate of drug-likeness (QED) is 0.777. The fourth-order valence-corrected chi connectivity index (χ4v) is 2.45. The molecule has 1 saturated carbocycles. The van der Waals surface area contributed by atoms with E-state index in [-0.39, 0.29) is 5.79 Å². The van der Waals surface area contributed by atoms with Gasteiger partial charge in [0.2, 0.25) is 0 Å². The lowest BCUT2D eigenvalue weighted by molar-refractivity contribution is -0.179. The lowest BCUT2D eigenvalue weighted by atomic mass is 9.90. The first kappa shape index (κ1) is 11.4. The zero-order valence-corrected chi connectivity index (χ0v) is 9.92. The maximum Gasteiger partial charge on any atom is 0.168 e. The van der Waals surface area contributed by atoms with E-state index in [4.69, 9.17) is 9.47 Å². The van der Waals surface area contributed by atoms with Crippen molar-refractivity contribution in [1.82, 2.24) is 5.32 Å². The second kappa shape index (κ2) is 4.81. The van der Waals surface area contributed by atoms with Gasteiger partial charge in [-0.25, -0.2) is 0 Å². The third-order valence-electron chi connectivity index (χ3n) is 3.38. The van der Waals surface area contributed by atoms with Crippen LogP contribution in [-0.2, 0) is 9.47 Å². The third-order valence-corrected chi connectivity index (χ3v) is 3.38. The minimum absolute atomic E-state index is 0.198. The summed E-state index contributed by atoms with van der Waals surface area (Å²) in [5.41, 5.74) is 0. The van der Waals surface area contributed by atoms with Gasteiger partial charge in [0.1, 0.15) is 0 Å². The fraction of sp³-hybridized carbons (Fsp3) is 1.00. The van der Waals surface area contributed by atoms with Gasteiger partial charge in [-0.05, 0) is 25.3 Å². The van der Waals surface area contributed by atoms with E-state index in [0.717, 1.165) is 38.5 Å². The van der Waals surface area contributed by atoms with Crippen molar-refractivity contribution in [2.24, 2.45) is 5.92 Å². The lowest BCUT2D eigenvalue weighted by Crippen LogP contribution is -2.42. The van der Waals surface area contributed by atoms with Crippen LogP contribution in [0.15, 0.2) is 0 Å². The van der Waals surface area contributed by atoms with Gasteiger partial charge >= 0.3 is 0 Å². The van der Waals surface area contributed by atoms with Gasteiger partial charge in [-0.15, -0.1) is 0 Å². The SMILES string of the molecule is CC(C)CNC1CCC2(CC1)OCCO2. The molecule has 0 radical (unpaired) electrons. The molecule has 1 heterocycles. The second-order valence-corrected chi connectivity index (χ2v) is 5.18. The predicted molar refractivity (Wildman–Crippen MR) is 59.7 cm³/mol. The van der Waals surface area contributed by atoms with Gasteiger partial charge in [-0.2, -0.15) is 0 Å². The first-order chi connectivity index (χ1) is 7.20. The van der Waals surface area contributed by atoms with Crippen LogP contribution in [0.25, 0.3) is 0 Å². The van der Waals surface area contributed by atoms with E-state index in [1.807, 2.05) is 0 Å². The summed E-state index contributed by atoms with van der Waals surface area (Å²) in [6.07, 6.45) is 4.49. The zero-order chi connectivity index (χ0) is 10.7. The van der Waals surface area contributed by atoms with Crippen LogP contribution in [0.3, 0.4) is 0 Å². The highest BCUT2D eigenvalue weighted by Gasteiger charge is 2.39. The van der Waals surface area contributed by atoms with E-state index in [1.165, 1.54) is 12.8 Å². The van der Waals surface area contributed by atoms with E-state index in [0.29, 0.717) is 6.04 Å². The second-order valence-electron chi connectivity index (χ2n) is 5.18. The summed E-state index contributed by atoms with van der Waals surface area (Å²) < 4.78 is 11.4. The van der Waals surface area contributed by atoms with Gasteiger partial charge in [0, 0.05) is 18.9 Å². The molecule has 0 aromatic heterocycles. The first-order valence-electron chi connectivity index (χ1n) is 6.21. The molecule has 0 bridgehead atoms. The molecule has 0 aromatic carbocycles. The van der Waals surface area contributed by atoms with E-state index in [9.17, 15) is 0 Å². The summed E-state index contributed by atoms with van der Waals surface area (Å²) in [5, 5.41) is 3.62. The Balaban J connectivity index is 1.72. The Kier molecular flexibility index (Phi) is 3.65. The Morgan fingerprint density at radius 1 is 1.20 bits per heavy atom. The van der Waals surface area contributed by atoms with Gasteiger partial charge in [0.15, 0.2) is 5.79 Å². The highest BCUT2D eigenvalue weighted by atomic mass is 16.7. The Hall–Kier alpha value is -0.120. The highest BCUT2D eigenvalue weighted by molar-refractivity contribution is 4.85. The average molecular weight is 213 g/mol. The maximum absolute atomic E-state index is 5.71. The van der Waals surface area contributed by atoms with E-state index < -0.39 is 0 Å². The molecule has 3 heteroatoms. The molecule has 2 fully saturated rings. The van der Waals surface area contributed by atoms with Crippen LogP contribution in [0, 0.1) is 5.92 Å². The molecule has 1 spiro atoms. The van der Waals surface area contributed by atoms with Gasteiger partial charge in [-0.1, -0.05) is 13.8 Å². The average Bonchev–Trinajstić information content (AvgIpc) is 2.66. The third kappa shape index (κ3) is 2.92. The first-order valence-corrected chi connectivity index (χ1v) is 6.21. The molecule has 0 aromatic rings. The van der Waals surface area contributed by atoms with Gasteiger partial charge < -0.3 is 14.8 Å². The lowest BCUT2D eigenvalue weighted by Gasteiger charge is -2.35. The normalized spacial score (nSPS) is 26.6. The maximum atomic E-state index is 5.71. The fourth-order valence-electron chi connectivity index (χ4n) is 2.45. The summed E-state index contributed by atoms with van der Waals surface area (Å²) in [7, 11) is 0. The van der Waals surface area contributed by atoms with Gasteiger partial charge in [0.05, 0.1) is 13.2 Å². The van der Waals surface area contributed by atoms with Crippen LogP contribution in [0.2, 0.25) is 0 Å². The number of hydrogen-bond donors (Lipinski definition) is 1. The number of rotatable bonds is 3. The van der Waals surface area contributed by atoms with Crippen LogP contribution < -0.4 is 5.32 Å². The standard InChI is InChI=1S/C12H23NO2/c1-10(2)9-13-11-3-5-12(6-4-11)14-7-8-15-12/h10-11,13H,3-9H2,1-2H3. The highest BCUT2D eigenvalue weighted by Crippen LogP contribution is 2.35. The molecule has 88 valence electrons. The molecule has 0 unspecified atom stereocenters. The Bertz CT molecular complexity index is 190. The molecule has 1 N–H and O–H groups in total. The van der Waals surface area contributed by atoms with Crippen molar-refractivity contribution in [2.75, 3.05) is 19.8 Å². The number of nitrogens with one attached hydrogen (secondary N) is 1. The van der Waals surface area contributed by atoms with Crippen molar-refractivity contribution in [2.45, 2.75) is 51.4 Å². The van der Waals surface area contributed by atoms with Crippen molar-refractivity contribution < 1.29 is 9.47 Å². The molecule has 0 atom stereocenters. The summed E-state index contributed by atoms with van der Waals surface area (Å²) >= 11 is 0. The van der Waals surface area contributed by atoms with Crippen LogP contribution in [0.1, 0.15) is 39.5 Å². The minimum atomic E-state index is -0.198. The Morgan fingerprint density at radius 2 is 1.80 bits per heavy atom. The molecule has 1 aliphatic heterocycles. The molecule has 3 nitrogen and oxygen atoms in total. The molecular weight excluding hydrogens is 190 g/mol. The van der Waals surface area contributed by atoms with Crippen LogP contribution in [0.5, 0.6) is 0 Å². The van der Waals surface area contributed by atoms with Crippen molar-refractivity contribution in [3.05, 3.63) is 0 Å². The molecule has 0 amide bonds. The van der Waals surface area contributed by atoms with Crippen LogP contribution >= 0.6 is 0 Å². The van der Waals surface area contributed by atoms with E-state index in [2.05, 4.69) is 19.2 Å². The summed E-state index contributed by atoms with van der Waals surface area (Å²) in [6, 6.07) is 0.672. The van der Waals surface area contributed by atoms with Crippen molar-refractivity contribution in [3.8, 4) is 0 Å². The minimum Gasteiger partial charge on any atom is -0.348 e. The van der Waals surface area contributed by atoms with Crippen molar-refractivity contribution >= 4 is 0 Å². The van der Waals surface area contributed by atoms with E-state index >= 15 is 0 Å². The number of hydrogen-bond acceptors (Lipinski definition) is 3. The Labute approximate surface area is 92.5 Å². The molecule has 2 aliphatic rings. The molecule has 1 aliphatic carbocycles. The summed E-state index contributed by atoms with van der Waals surface area (Å²) in [4.78, 5) is 0.